The number of hydrogen-bond acceptors (Lipinski definition) is 3. The van der Waals surface area contributed by atoms with Crippen LogP contribution in [0.15, 0.2) is 58.4 Å². The van der Waals surface area contributed by atoms with E-state index in [4.69, 9.17) is 5.26 Å². The van der Waals surface area contributed by atoms with E-state index >= 15 is 0 Å². The minimum absolute atomic E-state index is 0.663. The van der Waals surface area contributed by atoms with Crippen LogP contribution in [0.3, 0.4) is 0 Å². The minimum Gasteiger partial charge on any atom is -0.236 e. The van der Waals surface area contributed by atoms with Crippen LogP contribution in [0.4, 0.5) is 0 Å². The Morgan fingerprint density at radius 3 is 2.55 bits per heavy atom. The summed E-state index contributed by atoms with van der Waals surface area (Å²) < 4.78 is 1.05. The lowest BCUT2D eigenvalue weighted by Gasteiger charge is -1.98. The largest absolute Gasteiger partial charge is 0.236 e. The van der Waals surface area contributed by atoms with Gasteiger partial charge in [-0.25, -0.2) is 4.98 Å². The fourth-order valence-corrected chi connectivity index (χ4v) is 3.10. The summed E-state index contributed by atoms with van der Waals surface area (Å²) in [4.78, 5) is 4.66. The first-order valence-corrected chi connectivity index (χ1v) is 7.65. The van der Waals surface area contributed by atoms with Gasteiger partial charge >= 0.3 is 0 Å². The molecule has 0 N–H and O–H groups in total. The number of thiazole rings is 1. The summed E-state index contributed by atoms with van der Waals surface area (Å²) in [5.74, 6) is 0. The molecule has 0 spiro atoms. The van der Waals surface area contributed by atoms with Gasteiger partial charge in [0.1, 0.15) is 5.01 Å². The van der Waals surface area contributed by atoms with Gasteiger partial charge in [0.2, 0.25) is 0 Å². The summed E-state index contributed by atoms with van der Waals surface area (Å²) >= 11 is 5.09. The van der Waals surface area contributed by atoms with Gasteiger partial charge in [0.15, 0.2) is 0 Å². The van der Waals surface area contributed by atoms with Crippen LogP contribution in [0.2, 0.25) is 0 Å². The Labute approximate surface area is 129 Å². The van der Waals surface area contributed by atoms with E-state index in [1.165, 1.54) is 0 Å². The second kappa shape index (κ2) is 5.58. The van der Waals surface area contributed by atoms with Gasteiger partial charge in [0, 0.05) is 21.0 Å². The SMILES string of the molecule is N#Cc1ccc(-c2csc(-c3cccc(Br)c3)n2)cc1. The standard InChI is InChI=1S/C16H9BrN2S/c17-14-3-1-2-13(8-14)16-19-15(10-20-16)12-6-4-11(9-18)5-7-12/h1-8,10H. The van der Waals surface area contributed by atoms with Crippen molar-refractivity contribution in [2.75, 3.05) is 0 Å². The van der Waals surface area contributed by atoms with Gasteiger partial charge in [0.25, 0.3) is 0 Å². The number of rotatable bonds is 2. The van der Waals surface area contributed by atoms with Gasteiger partial charge in [0.05, 0.1) is 17.3 Å². The van der Waals surface area contributed by atoms with Crippen molar-refractivity contribution in [2.45, 2.75) is 0 Å². The molecule has 2 nitrogen and oxygen atoms in total. The molecule has 0 aliphatic rings. The van der Waals surface area contributed by atoms with Crippen molar-refractivity contribution in [3.05, 3.63) is 63.9 Å². The monoisotopic (exact) mass is 340 g/mol. The van der Waals surface area contributed by atoms with Gasteiger partial charge in [-0.2, -0.15) is 5.26 Å². The lowest BCUT2D eigenvalue weighted by atomic mass is 10.1. The number of hydrogen-bond donors (Lipinski definition) is 0. The first-order valence-electron chi connectivity index (χ1n) is 5.98. The predicted molar refractivity (Wildman–Crippen MR) is 85.4 cm³/mol. The van der Waals surface area contributed by atoms with E-state index in [1.54, 1.807) is 11.3 Å². The molecule has 96 valence electrons. The molecule has 1 heterocycles. The molecule has 3 rings (SSSR count). The molecule has 3 aromatic rings. The fraction of sp³-hybridized carbons (Fsp3) is 0. The van der Waals surface area contributed by atoms with Crippen LogP contribution in [0.25, 0.3) is 21.8 Å². The first kappa shape index (κ1) is 13.0. The molecule has 1 aromatic heterocycles. The third kappa shape index (κ3) is 2.64. The van der Waals surface area contributed by atoms with Gasteiger partial charge in [-0.1, -0.05) is 40.2 Å². The third-order valence-electron chi connectivity index (χ3n) is 2.89. The van der Waals surface area contributed by atoms with Gasteiger partial charge in [-0.15, -0.1) is 11.3 Å². The topological polar surface area (TPSA) is 36.7 Å². The van der Waals surface area contributed by atoms with Crippen molar-refractivity contribution in [3.8, 4) is 27.9 Å². The lowest BCUT2D eigenvalue weighted by molar-refractivity contribution is 1.39. The maximum Gasteiger partial charge on any atom is 0.124 e. The molecular weight excluding hydrogens is 332 g/mol. The normalized spacial score (nSPS) is 10.2. The Kier molecular flexibility index (Phi) is 3.64. The second-order valence-corrected chi connectivity index (χ2v) is 6.01. The lowest BCUT2D eigenvalue weighted by Crippen LogP contribution is -1.80. The number of aromatic nitrogens is 1. The zero-order chi connectivity index (χ0) is 13.9. The summed E-state index contributed by atoms with van der Waals surface area (Å²) in [5, 5.41) is 11.8. The molecule has 0 aliphatic heterocycles. The maximum absolute atomic E-state index is 8.81. The zero-order valence-corrected chi connectivity index (χ0v) is 12.8. The van der Waals surface area contributed by atoms with E-state index in [0.717, 1.165) is 26.3 Å². The minimum atomic E-state index is 0.663. The molecule has 0 saturated carbocycles. The van der Waals surface area contributed by atoms with E-state index in [0.29, 0.717) is 5.56 Å². The Bertz CT molecular complexity index is 785. The average Bonchev–Trinajstić information content (AvgIpc) is 2.97. The van der Waals surface area contributed by atoms with Crippen molar-refractivity contribution >= 4 is 27.3 Å². The highest BCUT2D eigenvalue weighted by Crippen LogP contribution is 2.30. The molecule has 0 amide bonds. The highest BCUT2D eigenvalue weighted by Gasteiger charge is 2.07. The highest BCUT2D eigenvalue weighted by molar-refractivity contribution is 9.10. The third-order valence-corrected chi connectivity index (χ3v) is 4.27. The van der Waals surface area contributed by atoms with Crippen LogP contribution < -0.4 is 0 Å². The molecule has 0 bridgehead atoms. The fourth-order valence-electron chi connectivity index (χ4n) is 1.88. The van der Waals surface area contributed by atoms with Crippen molar-refractivity contribution in [1.29, 1.82) is 5.26 Å². The van der Waals surface area contributed by atoms with Crippen LogP contribution >= 0.6 is 27.3 Å². The summed E-state index contributed by atoms with van der Waals surface area (Å²) in [7, 11) is 0. The van der Waals surface area contributed by atoms with Gasteiger partial charge in [-0.3, -0.25) is 0 Å². The number of halogens is 1. The van der Waals surface area contributed by atoms with Crippen molar-refractivity contribution in [2.24, 2.45) is 0 Å². The molecular formula is C16H9BrN2S. The van der Waals surface area contributed by atoms with Gasteiger partial charge < -0.3 is 0 Å². The van der Waals surface area contributed by atoms with Crippen molar-refractivity contribution < 1.29 is 0 Å². The molecule has 0 radical (unpaired) electrons. The summed E-state index contributed by atoms with van der Waals surface area (Å²) in [6.45, 7) is 0. The highest BCUT2D eigenvalue weighted by atomic mass is 79.9. The average molecular weight is 341 g/mol. The van der Waals surface area contributed by atoms with Gasteiger partial charge in [-0.05, 0) is 24.3 Å². The van der Waals surface area contributed by atoms with E-state index in [2.05, 4.69) is 33.0 Å². The maximum atomic E-state index is 8.81. The number of benzene rings is 2. The van der Waals surface area contributed by atoms with E-state index in [1.807, 2.05) is 47.8 Å². The number of nitrogens with zero attached hydrogens (tertiary/aromatic N) is 2. The smallest absolute Gasteiger partial charge is 0.124 e. The zero-order valence-electron chi connectivity index (χ0n) is 10.4. The van der Waals surface area contributed by atoms with Crippen molar-refractivity contribution in [1.82, 2.24) is 4.98 Å². The first-order chi connectivity index (χ1) is 9.76. The van der Waals surface area contributed by atoms with Crippen LogP contribution in [0, 0.1) is 11.3 Å². The molecule has 0 unspecified atom stereocenters. The Morgan fingerprint density at radius 1 is 1.05 bits per heavy atom. The molecule has 0 fully saturated rings. The molecule has 2 aromatic carbocycles. The van der Waals surface area contributed by atoms with E-state index in [-0.39, 0.29) is 0 Å². The Hall–Kier alpha value is -1.96. The quantitative estimate of drug-likeness (QED) is 0.649. The molecule has 0 aliphatic carbocycles. The van der Waals surface area contributed by atoms with Crippen LogP contribution in [0.1, 0.15) is 5.56 Å². The van der Waals surface area contributed by atoms with Crippen LogP contribution in [-0.2, 0) is 0 Å². The second-order valence-electron chi connectivity index (χ2n) is 4.24. The van der Waals surface area contributed by atoms with E-state index in [9.17, 15) is 0 Å². The van der Waals surface area contributed by atoms with Crippen LogP contribution in [-0.4, -0.2) is 4.98 Å². The summed E-state index contributed by atoms with van der Waals surface area (Å²) in [6.07, 6.45) is 0. The molecule has 4 heteroatoms. The molecule has 0 atom stereocenters. The predicted octanol–water partition coefficient (Wildman–Crippen LogP) is 5.11. The number of nitriles is 1. The molecule has 20 heavy (non-hydrogen) atoms. The Balaban J connectivity index is 1.95. The Morgan fingerprint density at radius 2 is 1.85 bits per heavy atom. The molecule has 0 saturated heterocycles. The van der Waals surface area contributed by atoms with Crippen molar-refractivity contribution in [3.63, 3.8) is 0 Å². The summed E-state index contributed by atoms with van der Waals surface area (Å²) in [6, 6.07) is 17.7. The summed E-state index contributed by atoms with van der Waals surface area (Å²) in [5.41, 5.74) is 3.73. The van der Waals surface area contributed by atoms with E-state index < -0.39 is 0 Å². The van der Waals surface area contributed by atoms with Crippen LogP contribution in [0.5, 0.6) is 0 Å².